The van der Waals surface area contributed by atoms with Gasteiger partial charge in [0.05, 0.1) is 13.0 Å². The Bertz CT molecular complexity index is 387. The van der Waals surface area contributed by atoms with Crippen molar-refractivity contribution < 1.29 is 9.53 Å². The van der Waals surface area contributed by atoms with E-state index in [1.165, 1.54) is 18.2 Å². The highest BCUT2D eigenvalue weighted by molar-refractivity contribution is 5.75. The molecule has 80 valence electrons. The first-order chi connectivity index (χ1) is 7.20. The number of methoxy groups -OCH3 is 1. The van der Waals surface area contributed by atoms with Gasteiger partial charge in [-0.25, -0.2) is 0 Å². The van der Waals surface area contributed by atoms with E-state index in [9.17, 15) is 4.79 Å². The fourth-order valence-electron chi connectivity index (χ4n) is 1.97. The maximum Gasteiger partial charge on any atom is 0.310 e. The van der Waals surface area contributed by atoms with Gasteiger partial charge in [0.15, 0.2) is 0 Å². The summed E-state index contributed by atoms with van der Waals surface area (Å²) in [5.74, 6) is -0.182. The number of aryl methyl sites for hydroxylation is 1. The number of nitrogens with one attached hydrogen (secondary N) is 1. The molecule has 3 heteroatoms. The lowest BCUT2D eigenvalue weighted by molar-refractivity contribution is -0.145. The van der Waals surface area contributed by atoms with E-state index in [1.54, 1.807) is 0 Å². The van der Waals surface area contributed by atoms with Crippen molar-refractivity contribution >= 4 is 11.7 Å². The molecule has 1 atom stereocenters. The highest BCUT2D eigenvalue weighted by atomic mass is 16.5. The zero-order chi connectivity index (χ0) is 10.8. The summed E-state index contributed by atoms with van der Waals surface area (Å²) in [5.41, 5.74) is 3.57. The Morgan fingerprint density at radius 2 is 2.33 bits per heavy atom. The van der Waals surface area contributed by atoms with Crippen LogP contribution < -0.4 is 5.32 Å². The lowest BCUT2D eigenvalue weighted by Crippen LogP contribution is -2.30. The summed E-state index contributed by atoms with van der Waals surface area (Å²) >= 11 is 0. The fraction of sp³-hybridized carbons (Fsp3) is 0.417. The van der Waals surface area contributed by atoms with Crippen molar-refractivity contribution in [2.75, 3.05) is 19.0 Å². The second kappa shape index (κ2) is 3.93. The molecule has 1 aliphatic rings. The third kappa shape index (κ3) is 1.96. The van der Waals surface area contributed by atoms with Crippen molar-refractivity contribution in [3.05, 3.63) is 29.3 Å². The molecule has 0 bridgehead atoms. The quantitative estimate of drug-likeness (QED) is 0.710. The van der Waals surface area contributed by atoms with Crippen molar-refractivity contribution in [2.24, 2.45) is 5.92 Å². The lowest BCUT2D eigenvalue weighted by atomic mass is 9.93. The molecule has 1 unspecified atom stereocenters. The van der Waals surface area contributed by atoms with Crippen LogP contribution in [0.2, 0.25) is 0 Å². The monoisotopic (exact) mass is 205 g/mol. The molecule has 0 saturated carbocycles. The van der Waals surface area contributed by atoms with Gasteiger partial charge in [0.2, 0.25) is 0 Å². The number of esters is 1. The van der Waals surface area contributed by atoms with Gasteiger partial charge in [-0.15, -0.1) is 0 Å². The molecule has 0 fully saturated rings. The molecule has 0 radical (unpaired) electrons. The van der Waals surface area contributed by atoms with Gasteiger partial charge >= 0.3 is 5.97 Å². The molecule has 0 saturated heterocycles. The van der Waals surface area contributed by atoms with E-state index in [4.69, 9.17) is 4.74 Å². The lowest BCUT2D eigenvalue weighted by Gasteiger charge is -2.24. The molecule has 0 spiro atoms. The standard InChI is InChI=1S/C12H15NO2/c1-8-3-4-11-9(5-8)6-10(7-13-11)12(14)15-2/h3-5,10,13H,6-7H2,1-2H3. The Labute approximate surface area is 89.4 Å². The Hall–Kier alpha value is -1.51. The zero-order valence-electron chi connectivity index (χ0n) is 9.04. The van der Waals surface area contributed by atoms with Crippen LogP contribution in [0.1, 0.15) is 11.1 Å². The first-order valence-electron chi connectivity index (χ1n) is 5.12. The van der Waals surface area contributed by atoms with Gasteiger partial charge in [0.25, 0.3) is 0 Å². The minimum atomic E-state index is -0.130. The Balaban J connectivity index is 2.22. The maximum absolute atomic E-state index is 11.4. The van der Waals surface area contributed by atoms with Gasteiger partial charge in [-0.2, -0.15) is 0 Å². The van der Waals surface area contributed by atoms with Crippen molar-refractivity contribution in [2.45, 2.75) is 13.3 Å². The van der Waals surface area contributed by atoms with Gasteiger partial charge in [-0.05, 0) is 25.0 Å². The van der Waals surface area contributed by atoms with Crippen LogP contribution in [0.3, 0.4) is 0 Å². The summed E-state index contributed by atoms with van der Waals surface area (Å²) in [6.07, 6.45) is 0.774. The normalized spacial score (nSPS) is 18.9. The molecule has 0 amide bonds. The van der Waals surface area contributed by atoms with Crippen molar-refractivity contribution in [1.29, 1.82) is 0 Å². The first-order valence-corrected chi connectivity index (χ1v) is 5.12. The van der Waals surface area contributed by atoms with Gasteiger partial charge in [0, 0.05) is 12.2 Å². The van der Waals surface area contributed by atoms with Gasteiger partial charge in [-0.1, -0.05) is 17.7 Å². The molecule has 2 rings (SSSR count). The summed E-state index contributed by atoms with van der Waals surface area (Å²) in [4.78, 5) is 11.4. The Morgan fingerprint density at radius 3 is 3.07 bits per heavy atom. The van der Waals surface area contributed by atoms with E-state index in [1.807, 2.05) is 0 Å². The minimum absolute atomic E-state index is 0.0516. The minimum Gasteiger partial charge on any atom is -0.469 e. The number of carbonyl (C=O) groups excluding carboxylic acids is 1. The van der Waals surface area contributed by atoms with Crippen LogP contribution in [0.4, 0.5) is 5.69 Å². The Kier molecular flexibility index (Phi) is 2.62. The highest BCUT2D eigenvalue weighted by Gasteiger charge is 2.24. The molecule has 1 heterocycles. The van der Waals surface area contributed by atoms with E-state index in [-0.39, 0.29) is 11.9 Å². The van der Waals surface area contributed by atoms with Crippen LogP contribution >= 0.6 is 0 Å². The van der Waals surface area contributed by atoms with Crippen LogP contribution in [0, 0.1) is 12.8 Å². The number of rotatable bonds is 1. The Morgan fingerprint density at radius 1 is 1.53 bits per heavy atom. The number of fused-ring (bicyclic) bond motifs is 1. The number of hydrogen-bond acceptors (Lipinski definition) is 3. The number of carbonyl (C=O) groups is 1. The number of hydrogen-bond donors (Lipinski definition) is 1. The first kappa shape index (κ1) is 10.0. The third-order valence-corrected chi connectivity index (χ3v) is 2.80. The molecule has 1 aliphatic heterocycles. The molecule has 0 aromatic heterocycles. The molecule has 1 N–H and O–H groups in total. The van der Waals surface area contributed by atoms with E-state index in [0.717, 1.165) is 12.1 Å². The SMILES string of the molecule is COC(=O)C1CNc2ccc(C)cc2C1. The summed E-state index contributed by atoms with van der Waals surface area (Å²) < 4.78 is 4.76. The number of ether oxygens (including phenoxy) is 1. The summed E-state index contributed by atoms with van der Waals surface area (Å²) in [7, 11) is 1.44. The highest BCUT2D eigenvalue weighted by Crippen LogP contribution is 2.26. The maximum atomic E-state index is 11.4. The van der Waals surface area contributed by atoms with E-state index < -0.39 is 0 Å². The predicted octanol–water partition coefficient (Wildman–Crippen LogP) is 1.75. The van der Waals surface area contributed by atoms with Crippen molar-refractivity contribution in [3.8, 4) is 0 Å². The predicted molar refractivity (Wildman–Crippen MR) is 58.9 cm³/mol. The average molecular weight is 205 g/mol. The molecule has 1 aromatic rings. The summed E-state index contributed by atoms with van der Waals surface area (Å²) in [5, 5.41) is 3.25. The van der Waals surface area contributed by atoms with E-state index >= 15 is 0 Å². The fourth-order valence-corrected chi connectivity index (χ4v) is 1.97. The van der Waals surface area contributed by atoms with E-state index in [0.29, 0.717) is 6.54 Å². The third-order valence-electron chi connectivity index (χ3n) is 2.80. The van der Waals surface area contributed by atoms with E-state index in [2.05, 4.69) is 30.4 Å². The van der Waals surface area contributed by atoms with Crippen LogP contribution in [-0.4, -0.2) is 19.6 Å². The summed E-state index contributed by atoms with van der Waals surface area (Å²) in [6.45, 7) is 2.73. The molecule has 15 heavy (non-hydrogen) atoms. The second-order valence-electron chi connectivity index (χ2n) is 3.97. The molecular formula is C12H15NO2. The van der Waals surface area contributed by atoms with Crippen molar-refractivity contribution in [3.63, 3.8) is 0 Å². The zero-order valence-corrected chi connectivity index (χ0v) is 9.04. The van der Waals surface area contributed by atoms with Gasteiger partial charge in [-0.3, -0.25) is 4.79 Å². The summed E-state index contributed by atoms with van der Waals surface area (Å²) in [6, 6.07) is 6.26. The largest absolute Gasteiger partial charge is 0.469 e. The molecule has 3 nitrogen and oxygen atoms in total. The average Bonchev–Trinajstić information content (AvgIpc) is 2.27. The smallest absolute Gasteiger partial charge is 0.310 e. The number of benzene rings is 1. The van der Waals surface area contributed by atoms with Crippen LogP contribution in [0.15, 0.2) is 18.2 Å². The van der Waals surface area contributed by atoms with Gasteiger partial charge < -0.3 is 10.1 Å². The second-order valence-corrected chi connectivity index (χ2v) is 3.97. The molecule has 1 aromatic carbocycles. The van der Waals surface area contributed by atoms with Crippen LogP contribution in [0.5, 0.6) is 0 Å². The molecule has 0 aliphatic carbocycles. The van der Waals surface area contributed by atoms with Crippen LogP contribution in [0.25, 0.3) is 0 Å². The topological polar surface area (TPSA) is 38.3 Å². The van der Waals surface area contributed by atoms with Crippen LogP contribution in [-0.2, 0) is 16.0 Å². The van der Waals surface area contributed by atoms with Gasteiger partial charge in [0.1, 0.15) is 0 Å². The number of anilines is 1. The molecular weight excluding hydrogens is 190 g/mol. The van der Waals surface area contributed by atoms with Crippen molar-refractivity contribution in [1.82, 2.24) is 0 Å².